The van der Waals surface area contributed by atoms with Crippen molar-refractivity contribution in [3.8, 4) is 5.75 Å². The lowest BCUT2D eigenvalue weighted by Gasteiger charge is -2.23. The standard InChI is InChI=1S/C19H24N2O2/c22-19-18(23-14-10-16-5-2-1-3-6-16)7-4-13-21(19)15-17-8-11-20-12-9-17/h1-7,13,17,20H,8-12,14-15H2. The van der Waals surface area contributed by atoms with Crippen LogP contribution in [0.1, 0.15) is 18.4 Å². The fourth-order valence-electron chi connectivity index (χ4n) is 3.03. The van der Waals surface area contributed by atoms with Gasteiger partial charge in [0, 0.05) is 19.2 Å². The highest BCUT2D eigenvalue weighted by molar-refractivity contribution is 5.18. The molecule has 2 aromatic rings. The normalized spacial score (nSPS) is 15.5. The summed E-state index contributed by atoms with van der Waals surface area (Å²) in [4.78, 5) is 12.5. The molecule has 4 heteroatoms. The Bertz CT molecular complexity index is 661. The van der Waals surface area contributed by atoms with E-state index in [1.807, 2.05) is 30.5 Å². The fourth-order valence-corrected chi connectivity index (χ4v) is 3.03. The van der Waals surface area contributed by atoms with Crippen molar-refractivity contribution in [2.24, 2.45) is 5.92 Å². The number of rotatable bonds is 6. The van der Waals surface area contributed by atoms with Crippen molar-refractivity contribution in [2.75, 3.05) is 19.7 Å². The van der Waals surface area contributed by atoms with E-state index in [1.165, 1.54) is 5.56 Å². The summed E-state index contributed by atoms with van der Waals surface area (Å²) in [6.07, 6.45) is 4.94. The van der Waals surface area contributed by atoms with Crippen LogP contribution >= 0.6 is 0 Å². The van der Waals surface area contributed by atoms with E-state index in [0.717, 1.165) is 38.9 Å². The Kier molecular flexibility index (Phi) is 5.48. The quantitative estimate of drug-likeness (QED) is 0.891. The van der Waals surface area contributed by atoms with Crippen molar-refractivity contribution in [1.82, 2.24) is 9.88 Å². The first-order chi connectivity index (χ1) is 11.3. The van der Waals surface area contributed by atoms with Crippen LogP contribution in [0, 0.1) is 5.92 Å². The minimum absolute atomic E-state index is 0.0147. The maximum atomic E-state index is 12.5. The molecule has 1 aromatic carbocycles. The average Bonchev–Trinajstić information content (AvgIpc) is 2.60. The van der Waals surface area contributed by atoms with E-state index in [-0.39, 0.29) is 5.56 Å². The van der Waals surface area contributed by atoms with Crippen molar-refractivity contribution in [1.29, 1.82) is 0 Å². The van der Waals surface area contributed by atoms with Gasteiger partial charge in [0.25, 0.3) is 5.56 Å². The molecule has 23 heavy (non-hydrogen) atoms. The molecule has 1 saturated heterocycles. The number of piperidine rings is 1. The molecule has 1 aromatic heterocycles. The summed E-state index contributed by atoms with van der Waals surface area (Å²) < 4.78 is 7.52. The van der Waals surface area contributed by atoms with Gasteiger partial charge in [-0.2, -0.15) is 0 Å². The predicted octanol–water partition coefficient (Wildman–Crippen LogP) is 2.47. The monoisotopic (exact) mass is 312 g/mol. The van der Waals surface area contributed by atoms with Crippen LogP contribution in [-0.2, 0) is 13.0 Å². The van der Waals surface area contributed by atoms with Crippen LogP contribution < -0.4 is 15.6 Å². The van der Waals surface area contributed by atoms with Gasteiger partial charge < -0.3 is 14.6 Å². The van der Waals surface area contributed by atoms with Crippen LogP contribution in [0.5, 0.6) is 5.75 Å². The molecule has 1 aliphatic heterocycles. The minimum Gasteiger partial charge on any atom is -0.488 e. The zero-order valence-corrected chi connectivity index (χ0v) is 13.4. The molecule has 122 valence electrons. The Balaban J connectivity index is 1.59. The lowest BCUT2D eigenvalue weighted by molar-refractivity contribution is 0.303. The summed E-state index contributed by atoms with van der Waals surface area (Å²) in [5, 5.41) is 3.36. The Labute approximate surface area is 137 Å². The summed E-state index contributed by atoms with van der Waals surface area (Å²) >= 11 is 0. The maximum absolute atomic E-state index is 12.5. The van der Waals surface area contributed by atoms with Gasteiger partial charge in [0.1, 0.15) is 0 Å². The van der Waals surface area contributed by atoms with Crippen LogP contribution in [0.4, 0.5) is 0 Å². The number of benzene rings is 1. The molecule has 0 aliphatic carbocycles. The molecule has 1 N–H and O–H groups in total. The molecular formula is C19H24N2O2. The molecular weight excluding hydrogens is 288 g/mol. The Morgan fingerprint density at radius 1 is 1.09 bits per heavy atom. The molecule has 4 nitrogen and oxygen atoms in total. The van der Waals surface area contributed by atoms with Crippen LogP contribution in [0.2, 0.25) is 0 Å². The first-order valence-corrected chi connectivity index (χ1v) is 8.40. The Morgan fingerprint density at radius 3 is 2.65 bits per heavy atom. The zero-order chi connectivity index (χ0) is 15.9. The van der Waals surface area contributed by atoms with E-state index in [9.17, 15) is 4.79 Å². The van der Waals surface area contributed by atoms with Crippen LogP contribution in [0.3, 0.4) is 0 Å². The highest BCUT2D eigenvalue weighted by Crippen LogP contribution is 2.14. The Morgan fingerprint density at radius 2 is 1.87 bits per heavy atom. The molecule has 0 bridgehead atoms. The lowest BCUT2D eigenvalue weighted by atomic mass is 9.98. The van der Waals surface area contributed by atoms with Gasteiger partial charge >= 0.3 is 0 Å². The second kappa shape index (κ2) is 7.97. The number of aromatic nitrogens is 1. The fraction of sp³-hybridized carbons (Fsp3) is 0.421. The van der Waals surface area contributed by atoms with E-state index in [1.54, 1.807) is 10.6 Å². The molecule has 0 spiro atoms. The van der Waals surface area contributed by atoms with E-state index in [4.69, 9.17) is 4.74 Å². The number of pyridine rings is 1. The van der Waals surface area contributed by atoms with Gasteiger partial charge in [0.15, 0.2) is 5.75 Å². The minimum atomic E-state index is -0.0147. The largest absolute Gasteiger partial charge is 0.488 e. The van der Waals surface area contributed by atoms with Crippen molar-refractivity contribution in [3.63, 3.8) is 0 Å². The smallest absolute Gasteiger partial charge is 0.292 e. The zero-order valence-electron chi connectivity index (χ0n) is 13.4. The molecule has 0 saturated carbocycles. The van der Waals surface area contributed by atoms with Gasteiger partial charge in [-0.25, -0.2) is 0 Å². The third-order valence-corrected chi connectivity index (χ3v) is 4.39. The van der Waals surface area contributed by atoms with E-state index >= 15 is 0 Å². The van der Waals surface area contributed by atoms with E-state index in [0.29, 0.717) is 18.3 Å². The summed E-state index contributed by atoms with van der Waals surface area (Å²) in [6, 6.07) is 13.9. The molecule has 3 rings (SSSR count). The SMILES string of the molecule is O=c1c(OCCc2ccccc2)cccn1CC1CCNCC1. The van der Waals surface area contributed by atoms with Gasteiger partial charge in [-0.1, -0.05) is 30.3 Å². The van der Waals surface area contributed by atoms with Crippen LogP contribution in [0.25, 0.3) is 0 Å². The second-order valence-corrected chi connectivity index (χ2v) is 6.11. The second-order valence-electron chi connectivity index (χ2n) is 6.11. The molecule has 0 radical (unpaired) electrons. The Hall–Kier alpha value is -2.07. The first kappa shape index (κ1) is 15.8. The van der Waals surface area contributed by atoms with Gasteiger partial charge in [0.2, 0.25) is 0 Å². The number of hydrogen-bond acceptors (Lipinski definition) is 3. The van der Waals surface area contributed by atoms with Gasteiger partial charge in [-0.15, -0.1) is 0 Å². The highest BCUT2D eigenvalue weighted by atomic mass is 16.5. The van der Waals surface area contributed by atoms with Crippen molar-refractivity contribution >= 4 is 0 Å². The maximum Gasteiger partial charge on any atom is 0.292 e. The predicted molar refractivity (Wildman–Crippen MR) is 91.9 cm³/mol. The highest BCUT2D eigenvalue weighted by Gasteiger charge is 2.15. The molecule has 0 amide bonds. The molecule has 0 unspecified atom stereocenters. The number of ether oxygens (including phenoxy) is 1. The average molecular weight is 312 g/mol. The third-order valence-electron chi connectivity index (χ3n) is 4.39. The summed E-state index contributed by atoms with van der Waals surface area (Å²) in [5.74, 6) is 1.03. The molecule has 1 fully saturated rings. The molecule has 0 atom stereocenters. The van der Waals surface area contributed by atoms with Crippen LogP contribution in [-0.4, -0.2) is 24.3 Å². The number of hydrogen-bond donors (Lipinski definition) is 1. The summed E-state index contributed by atoms with van der Waals surface area (Å²) in [5.41, 5.74) is 1.21. The number of nitrogens with zero attached hydrogens (tertiary/aromatic N) is 1. The van der Waals surface area contributed by atoms with E-state index < -0.39 is 0 Å². The van der Waals surface area contributed by atoms with Gasteiger partial charge in [-0.3, -0.25) is 4.79 Å². The first-order valence-electron chi connectivity index (χ1n) is 8.40. The third kappa shape index (κ3) is 4.45. The summed E-state index contributed by atoms with van der Waals surface area (Å²) in [6.45, 7) is 3.41. The topological polar surface area (TPSA) is 43.3 Å². The van der Waals surface area contributed by atoms with E-state index in [2.05, 4.69) is 17.4 Å². The molecule has 1 aliphatic rings. The van der Waals surface area contributed by atoms with Crippen molar-refractivity contribution in [2.45, 2.75) is 25.8 Å². The van der Waals surface area contributed by atoms with Crippen molar-refractivity contribution in [3.05, 3.63) is 64.6 Å². The lowest BCUT2D eigenvalue weighted by Crippen LogP contribution is -2.32. The molecule has 2 heterocycles. The van der Waals surface area contributed by atoms with Gasteiger partial charge in [-0.05, 0) is 49.5 Å². The summed E-state index contributed by atoms with van der Waals surface area (Å²) in [7, 11) is 0. The van der Waals surface area contributed by atoms with Gasteiger partial charge in [0.05, 0.1) is 6.61 Å². The van der Waals surface area contributed by atoms with Crippen LogP contribution in [0.15, 0.2) is 53.5 Å². The number of nitrogens with one attached hydrogen (secondary N) is 1. The van der Waals surface area contributed by atoms with Crippen molar-refractivity contribution < 1.29 is 4.74 Å².